The van der Waals surface area contributed by atoms with E-state index >= 15 is 0 Å². The highest BCUT2D eigenvalue weighted by Gasteiger charge is 2.33. The predicted octanol–water partition coefficient (Wildman–Crippen LogP) is 4.78. The van der Waals surface area contributed by atoms with E-state index in [2.05, 4.69) is 20.6 Å². The molecule has 0 spiro atoms. The Morgan fingerprint density at radius 1 is 1.26 bits per heavy atom. The molecule has 1 aromatic carbocycles. The number of alkyl halides is 3. The fraction of sp³-hybridized carbons (Fsp3) is 0.294. The number of thiazole rings is 1. The molecule has 3 rings (SSSR count). The van der Waals surface area contributed by atoms with E-state index in [4.69, 9.17) is 4.42 Å². The molecule has 0 aliphatic heterocycles. The Labute approximate surface area is 175 Å². The SMILES string of the molecule is CCNC(=NCc1cc2ccccc2o1)NCc1nc(C(F)(F)F)cs1.I. The average Bonchev–Trinajstić information content (AvgIpc) is 3.23. The van der Waals surface area contributed by atoms with Crippen molar-refractivity contribution in [2.75, 3.05) is 6.54 Å². The smallest absolute Gasteiger partial charge is 0.434 e. The van der Waals surface area contributed by atoms with E-state index < -0.39 is 11.9 Å². The van der Waals surface area contributed by atoms with E-state index in [0.717, 1.165) is 27.7 Å². The Hall–Kier alpha value is -1.82. The van der Waals surface area contributed by atoms with Crippen LogP contribution in [0.1, 0.15) is 23.4 Å². The van der Waals surface area contributed by atoms with Crippen molar-refractivity contribution < 1.29 is 17.6 Å². The quantitative estimate of drug-likeness (QED) is 0.295. The minimum atomic E-state index is -4.42. The van der Waals surface area contributed by atoms with Crippen LogP contribution < -0.4 is 10.6 Å². The molecule has 146 valence electrons. The van der Waals surface area contributed by atoms with Crippen LogP contribution in [0.3, 0.4) is 0 Å². The number of aliphatic imine (C=N–C) groups is 1. The van der Waals surface area contributed by atoms with Crippen molar-refractivity contribution in [3.63, 3.8) is 0 Å². The zero-order valence-electron chi connectivity index (χ0n) is 14.3. The Balaban J connectivity index is 0.00000261. The Bertz CT molecular complexity index is 874. The maximum atomic E-state index is 12.6. The van der Waals surface area contributed by atoms with Crippen LogP contribution in [0.2, 0.25) is 0 Å². The molecule has 0 aliphatic rings. The molecule has 10 heteroatoms. The van der Waals surface area contributed by atoms with Crippen molar-refractivity contribution in [1.82, 2.24) is 15.6 Å². The Morgan fingerprint density at radius 2 is 2.04 bits per heavy atom. The normalized spacial score (nSPS) is 12.1. The molecule has 3 aromatic rings. The Morgan fingerprint density at radius 3 is 2.70 bits per heavy atom. The summed E-state index contributed by atoms with van der Waals surface area (Å²) in [7, 11) is 0. The van der Waals surface area contributed by atoms with Gasteiger partial charge in [-0.3, -0.25) is 0 Å². The number of hydrogen-bond acceptors (Lipinski definition) is 4. The van der Waals surface area contributed by atoms with Gasteiger partial charge in [0, 0.05) is 17.3 Å². The van der Waals surface area contributed by atoms with Gasteiger partial charge in [0.05, 0.1) is 6.54 Å². The van der Waals surface area contributed by atoms with Crippen molar-refractivity contribution in [3.05, 3.63) is 52.2 Å². The first-order chi connectivity index (χ1) is 12.5. The van der Waals surface area contributed by atoms with Crippen LogP contribution in [0.4, 0.5) is 13.2 Å². The van der Waals surface area contributed by atoms with Gasteiger partial charge in [0.25, 0.3) is 0 Å². The highest BCUT2D eigenvalue weighted by molar-refractivity contribution is 14.0. The van der Waals surface area contributed by atoms with E-state index in [1.165, 1.54) is 0 Å². The molecule has 0 atom stereocenters. The largest absolute Gasteiger partial charge is 0.459 e. The summed E-state index contributed by atoms with van der Waals surface area (Å²) < 4.78 is 43.5. The molecule has 0 saturated carbocycles. The van der Waals surface area contributed by atoms with Gasteiger partial charge in [-0.25, -0.2) is 9.98 Å². The van der Waals surface area contributed by atoms with E-state index in [9.17, 15) is 13.2 Å². The number of guanidine groups is 1. The molecule has 2 aromatic heterocycles. The summed E-state index contributed by atoms with van der Waals surface area (Å²) in [6, 6.07) is 9.58. The van der Waals surface area contributed by atoms with Crippen molar-refractivity contribution in [2.24, 2.45) is 4.99 Å². The minimum Gasteiger partial charge on any atom is -0.459 e. The average molecular weight is 510 g/mol. The third-order valence-corrected chi connectivity index (χ3v) is 4.31. The summed E-state index contributed by atoms with van der Waals surface area (Å²) in [6.45, 7) is 3.00. The lowest BCUT2D eigenvalue weighted by Gasteiger charge is -2.09. The highest BCUT2D eigenvalue weighted by Crippen LogP contribution is 2.29. The van der Waals surface area contributed by atoms with Crippen LogP contribution in [0.25, 0.3) is 11.0 Å². The summed E-state index contributed by atoms with van der Waals surface area (Å²) in [6.07, 6.45) is -4.42. The molecule has 2 N–H and O–H groups in total. The van der Waals surface area contributed by atoms with Gasteiger partial charge in [-0.1, -0.05) is 18.2 Å². The number of furan rings is 1. The van der Waals surface area contributed by atoms with Crippen molar-refractivity contribution in [3.8, 4) is 0 Å². The van der Waals surface area contributed by atoms with Gasteiger partial charge in [0.15, 0.2) is 11.7 Å². The lowest BCUT2D eigenvalue weighted by molar-refractivity contribution is -0.140. The summed E-state index contributed by atoms with van der Waals surface area (Å²) in [5, 5.41) is 8.38. The topological polar surface area (TPSA) is 62.5 Å². The maximum Gasteiger partial charge on any atom is 0.434 e. The molecule has 0 saturated heterocycles. The standard InChI is InChI=1S/C17H17F3N4OS.HI/c1-2-21-16(23-9-15-24-14(10-26-15)17(18,19)20)22-8-12-7-11-5-3-4-6-13(11)25-12;/h3-7,10H,2,8-9H2,1H3,(H2,21,22,23);1H. The van der Waals surface area contributed by atoms with Gasteiger partial charge in [0.2, 0.25) is 0 Å². The number of nitrogens with one attached hydrogen (secondary N) is 2. The van der Waals surface area contributed by atoms with Crippen molar-refractivity contribution >= 4 is 52.2 Å². The summed E-state index contributed by atoms with van der Waals surface area (Å²) >= 11 is 0.959. The zero-order valence-corrected chi connectivity index (χ0v) is 17.5. The summed E-state index contributed by atoms with van der Waals surface area (Å²) in [5.41, 5.74) is -0.0818. The van der Waals surface area contributed by atoms with Crippen LogP contribution in [0.5, 0.6) is 0 Å². The molecular weight excluding hydrogens is 492 g/mol. The fourth-order valence-corrected chi connectivity index (χ4v) is 3.04. The van der Waals surface area contributed by atoms with Gasteiger partial charge in [-0.05, 0) is 19.1 Å². The van der Waals surface area contributed by atoms with Gasteiger partial charge in [-0.15, -0.1) is 35.3 Å². The number of rotatable bonds is 5. The first kappa shape index (κ1) is 21.5. The Kier molecular flexibility index (Phi) is 7.48. The molecule has 2 heterocycles. The van der Waals surface area contributed by atoms with Crippen molar-refractivity contribution in [2.45, 2.75) is 26.2 Å². The van der Waals surface area contributed by atoms with E-state index in [-0.39, 0.29) is 30.5 Å². The molecule has 27 heavy (non-hydrogen) atoms. The predicted molar refractivity (Wildman–Crippen MR) is 110 cm³/mol. The zero-order chi connectivity index (χ0) is 18.6. The number of halogens is 4. The lowest BCUT2D eigenvalue weighted by Crippen LogP contribution is -2.36. The van der Waals surface area contributed by atoms with E-state index in [1.54, 1.807) is 0 Å². The third kappa shape index (κ3) is 5.83. The van der Waals surface area contributed by atoms with E-state index in [0.29, 0.717) is 29.8 Å². The fourth-order valence-electron chi connectivity index (χ4n) is 2.30. The number of benzene rings is 1. The molecule has 0 radical (unpaired) electrons. The minimum absolute atomic E-state index is 0. The monoisotopic (exact) mass is 510 g/mol. The highest BCUT2D eigenvalue weighted by atomic mass is 127. The van der Waals surface area contributed by atoms with Gasteiger partial charge >= 0.3 is 6.18 Å². The summed E-state index contributed by atoms with van der Waals surface area (Å²) in [5.74, 6) is 1.19. The molecule has 0 aliphatic carbocycles. The van der Waals surface area contributed by atoms with Gasteiger partial charge in [-0.2, -0.15) is 13.2 Å². The van der Waals surface area contributed by atoms with Crippen LogP contribution in [0, 0.1) is 0 Å². The number of fused-ring (bicyclic) bond motifs is 1. The second kappa shape index (κ2) is 9.40. The molecule has 0 unspecified atom stereocenters. The maximum absolute atomic E-state index is 12.6. The number of hydrogen-bond donors (Lipinski definition) is 2. The first-order valence-corrected chi connectivity index (χ1v) is 8.85. The number of nitrogens with zero attached hydrogens (tertiary/aromatic N) is 2. The van der Waals surface area contributed by atoms with Gasteiger partial charge in [0.1, 0.15) is 22.9 Å². The van der Waals surface area contributed by atoms with Crippen LogP contribution in [0.15, 0.2) is 45.1 Å². The summed E-state index contributed by atoms with van der Waals surface area (Å²) in [4.78, 5) is 8.00. The van der Waals surface area contributed by atoms with E-state index in [1.807, 2.05) is 37.3 Å². The first-order valence-electron chi connectivity index (χ1n) is 7.97. The molecule has 0 fully saturated rings. The lowest BCUT2D eigenvalue weighted by atomic mass is 10.2. The van der Waals surface area contributed by atoms with Crippen LogP contribution in [-0.4, -0.2) is 17.5 Å². The second-order valence-electron chi connectivity index (χ2n) is 5.42. The number of aromatic nitrogens is 1. The second-order valence-corrected chi connectivity index (χ2v) is 6.37. The third-order valence-electron chi connectivity index (χ3n) is 3.46. The van der Waals surface area contributed by atoms with Crippen LogP contribution >= 0.6 is 35.3 Å². The molecular formula is C17H18F3IN4OS. The molecule has 0 amide bonds. The molecule has 5 nitrogen and oxygen atoms in total. The van der Waals surface area contributed by atoms with Gasteiger partial charge < -0.3 is 15.1 Å². The van der Waals surface area contributed by atoms with Crippen molar-refractivity contribution in [1.29, 1.82) is 0 Å². The van der Waals surface area contributed by atoms with Crippen LogP contribution in [-0.2, 0) is 19.3 Å². The number of para-hydroxylation sites is 1. The molecule has 0 bridgehead atoms.